The fourth-order valence-electron chi connectivity index (χ4n) is 1.40. The number of halogens is 2. The maximum Gasteiger partial charge on any atom is 0.0760 e. The highest BCUT2D eigenvalue weighted by molar-refractivity contribution is 7.85. The quantitative estimate of drug-likeness (QED) is 0.814. The summed E-state index contributed by atoms with van der Waals surface area (Å²) in [7, 11) is -1.13. The van der Waals surface area contributed by atoms with E-state index >= 15 is 0 Å². The molecule has 0 heterocycles. The van der Waals surface area contributed by atoms with Gasteiger partial charge < -0.3 is 5.32 Å². The summed E-state index contributed by atoms with van der Waals surface area (Å²) in [5, 5.41) is 4.24. The van der Waals surface area contributed by atoms with E-state index in [9.17, 15) is 4.21 Å². The molecule has 1 aromatic rings. The first-order valence-electron chi connectivity index (χ1n) is 5.58. The zero-order valence-electron chi connectivity index (χ0n) is 10.0. The van der Waals surface area contributed by atoms with Gasteiger partial charge in [-0.15, -0.1) is 0 Å². The predicted molar refractivity (Wildman–Crippen MR) is 75.5 cm³/mol. The molecule has 0 aliphatic rings. The molecule has 1 atom stereocenters. The molecule has 0 spiro atoms. The summed E-state index contributed by atoms with van der Waals surface area (Å²) in [6.07, 6.45) is 0.840. The van der Waals surface area contributed by atoms with Gasteiger partial charge in [0.2, 0.25) is 0 Å². The van der Waals surface area contributed by atoms with E-state index in [1.165, 1.54) is 0 Å². The van der Waals surface area contributed by atoms with Gasteiger partial charge in [0.25, 0.3) is 0 Å². The van der Waals surface area contributed by atoms with Crippen LogP contribution in [0.4, 0.5) is 0 Å². The molecule has 1 N–H and O–H groups in total. The van der Waals surface area contributed by atoms with Crippen molar-refractivity contribution in [1.82, 2.24) is 5.32 Å². The Hall–Kier alpha value is -0.0900. The van der Waals surface area contributed by atoms with Crippen molar-refractivity contribution >= 4 is 34.0 Å². The lowest BCUT2D eigenvalue weighted by Crippen LogP contribution is -2.24. The Morgan fingerprint density at radius 1 is 1.29 bits per heavy atom. The number of hydrogen-bond donors (Lipinski definition) is 1. The molecule has 1 aromatic carbocycles. The van der Waals surface area contributed by atoms with Gasteiger partial charge in [0, 0.05) is 11.8 Å². The number of hydrogen-bond acceptors (Lipinski definition) is 2. The zero-order valence-corrected chi connectivity index (χ0v) is 12.3. The minimum Gasteiger partial charge on any atom is -0.315 e. The molecule has 17 heavy (non-hydrogen) atoms. The van der Waals surface area contributed by atoms with Gasteiger partial charge in [-0.3, -0.25) is 4.21 Å². The third-order valence-corrected chi connectivity index (χ3v) is 4.61. The fraction of sp³-hybridized carbons (Fsp3) is 0.500. The summed E-state index contributed by atoms with van der Waals surface area (Å²) in [5.41, 5.74) is 0. The SMILES string of the molecule is CC(C)NCCCS(=O)c1c(Cl)cccc1Cl. The third-order valence-electron chi connectivity index (χ3n) is 2.21. The molecule has 0 aliphatic heterocycles. The summed E-state index contributed by atoms with van der Waals surface area (Å²) in [5.74, 6) is 0.573. The first kappa shape index (κ1) is 15.0. The largest absolute Gasteiger partial charge is 0.315 e. The molecular formula is C12H17Cl2NOS. The Bertz CT molecular complexity index is 376. The lowest BCUT2D eigenvalue weighted by Gasteiger charge is -2.09. The van der Waals surface area contributed by atoms with Crippen LogP contribution in [0.3, 0.4) is 0 Å². The van der Waals surface area contributed by atoms with Crippen LogP contribution >= 0.6 is 23.2 Å². The second-order valence-corrected chi connectivity index (χ2v) is 6.38. The molecule has 0 aliphatic carbocycles. The molecule has 2 nitrogen and oxygen atoms in total. The zero-order chi connectivity index (χ0) is 12.8. The van der Waals surface area contributed by atoms with Gasteiger partial charge in [0.1, 0.15) is 0 Å². The van der Waals surface area contributed by atoms with Crippen molar-refractivity contribution < 1.29 is 4.21 Å². The monoisotopic (exact) mass is 293 g/mol. The van der Waals surface area contributed by atoms with Crippen molar-refractivity contribution in [3.05, 3.63) is 28.2 Å². The fourth-order valence-corrected chi connectivity index (χ4v) is 3.49. The van der Waals surface area contributed by atoms with Crippen LogP contribution in [0.1, 0.15) is 20.3 Å². The van der Waals surface area contributed by atoms with Gasteiger partial charge in [-0.05, 0) is 25.1 Å². The van der Waals surface area contributed by atoms with Crippen LogP contribution in [0, 0.1) is 0 Å². The Morgan fingerprint density at radius 2 is 1.88 bits per heavy atom. The number of nitrogens with one attached hydrogen (secondary N) is 1. The Morgan fingerprint density at radius 3 is 2.41 bits per heavy atom. The maximum atomic E-state index is 12.0. The normalized spacial score (nSPS) is 13.0. The van der Waals surface area contributed by atoms with Crippen molar-refractivity contribution in [1.29, 1.82) is 0 Å². The van der Waals surface area contributed by atoms with Gasteiger partial charge >= 0.3 is 0 Å². The molecule has 0 saturated heterocycles. The van der Waals surface area contributed by atoms with Crippen molar-refractivity contribution in [2.24, 2.45) is 0 Å². The van der Waals surface area contributed by atoms with E-state index in [1.54, 1.807) is 18.2 Å². The lowest BCUT2D eigenvalue weighted by atomic mass is 10.4. The molecule has 96 valence electrons. The predicted octanol–water partition coefficient (Wildman–Crippen LogP) is 3.49. The summed E-state index contributed by atoms with van der Waals surface area (Å²) in [4.78, 5) is 0.556. The van der Waals surface area contributed by atoms with E-state index < -0.39 is 10.8 Å². The average molecular weight is 294 g/mol. The highest BCUT2D eigenvalue weighted by Crippen LogP contribution is 2.27. The van der Waals surface area contributed by atoms with Gasteiger partial charge in [0.05, 0.1) is 25.7 Å². The van der Waals surface area contributed by atoms with Gasteiger partial charge in [-0.2, -0.15) is 0 Å². The molecule has 1 rings (SSSR count). The third kappa shape index (κ3) is 4.96. The van der Waals surface area contributed by atoms with Crippen molar-refractivity contribution in [3.63, 3.8) is 0 Å². The van der Waals surface area contributed by atoms with Gasteiger partial charge in [0.15, 0.2) is 0 Å². The molecule has 5 heteroatoms. The van der Waals surface area contributed by atoms with Gasteiger partial charge in [-0.25, -0.2) is 0 Å². The van der Waals surface area contributed by atoms with Crippen LogP contribution in [0.2, 0.25) is 10.0 Å². The molecule has 1 unspecified atom stereocenters. The first-order valence-corrected chi connectivity index (χ1v) is 7.65. The molecule has 0 aromatic heterocycles. The highest BCUT2D eigenvalue weighted by Gasteiger charge is 2.12. The average Bonchev–Trinajstić information content (AvgIpc) is 2.24. The first-order chi connectivity index (χ1) is 8.02. The molecule has 0 amide bonds. The number of rotatable bonds is 6. The summed E-state index contributed by atoms with van der Waals surface area (Å²) in [6.45, 7) is 5.02. The van der Waals surface area contributed by atoms with Gasteiger partial charge in [-0.1, -0.05) is 43.1 Å². The van der Waals surface area contributed by atoms with Crippen LogP contribution in [0.15, 0.2) is 23.1 Å². The highest BCUT2D eigenvalue weighted by atomic mass is 35.5. The molecule has 0 radical (unpaired) electrons. The Balaban J connectivity index is 2.53. The van der Waals surface area contributed by atoms with E-state index in [-0.39, 0.29) is 0 Å². The lowest BCUT2D eigenvalue weighted by molar-refractivity contribution is 0.583. The van der Waals surface area contributed by atoms with E-state index in [0.717, 1.165) is 13.0 Å². The molecular weight excluding hydrogens is 277 g/mol. The molecule has 0 bridgehead atoms. The van der Waals surface area contributed by atoms with Crippen molar-refractivity contribution in [3.8, 4) is 0 Å². The van der Waals surface area contributed by atoms with Crippen LogP contribution < -0.4 is 5.32 Å². The van der Waals surface area contributed by atoms with Crippen LogP contribution in [0.25, 0.3) is 0 Å². The van der Waals surface area contributed by atoms with E-state index in [1.807, 2.05) is 0 Å². The van der Waals surface area contributed by atoms with Crippen LogP contribution in [-0.4, -0.2) is 22.5 Å². The maximum absolute atomic E-state index is 12.0. The van der Waals surface area contributed by atoms with Crippen molar-refractivity contribution in [2.75, 3.05) is 12.3 Å². The van der Waals surface area contributed by atoms with E-state index in [4.69, 9.17) is 23.2 Å². The summed E-state index contributed by atoms with van der Waals surface area (Å²) >= 11 is 12.0. The van der Waals surface area contributed by atoms with E-state index in [0.29, 0.717) is 26.7 Å². The van der Waals surface area contributed by atoms with E-state index in [2.05, 4.69) is 19.2 Å². The standard InChI is InChI=1S/C12H17Cl2NOS/c1-9(2)15-7-4-8-17(16)12-10(13)5-3-6-11(12)14/h3,5-6,9,15H,4,7-8H2,1-2H3. The second kappa shape index (κ2) is 7.37. The topological polar surface area (TPSA) is 29.1 Å². The Labute approximate surface area is 115 Å². The number of benzene rings is 1. The summed E-state index contributed by atoms with van der Waals surface area (Å²) < 4.78 is 12.0. The molecule has 0 saturated carbocycles. The van der Waals surface area contributed by atoms with Crippen LogP contribution in [0.5, 0.6) is 0 Å². The minimum atomic E-state index is -1.13. The Kier molecular flexibility index (Phi) is 6.49. The smallest absolute Gasteiger partial charge is 0.0760 e. The molecule has 0 fully saturated rings. The second-order valence-electron chi connectivity index (χ2n) is 4.06. The minimum absolute atomic E-state index is 0.451. The van der Waals surface area contributed by atoms with Crippen molar-refractivity contribution in [2.45, 2.75) is 31.2 Å². The van der Waals surface area contributed by atoms with Crippen LogP contribution in [-0.2, 0) is 10.8 Å². The summed E-state index contributed by atoms with van der Waals surface area (Å²) in [6, 6.07) is 5.64.